The number of hydrogen-bond donors (Lipinski definition) is 0. The topological polar surface area (TPSA) is 91.3 Å². The van der Waals surface area contributed by atoms with Crippen LogP contribution in [0.25, 0.3) is 22.8 Å². The van der Waals surface area contributed by atoms with E-state index in [4.69, 9.17) is 19.4 Å². The summed E-state index contributed by atoms with van der Waals surface area (Å²) in [6, 6.07) is 11.0. The van der Waals surface area contributed by atoms with E-state index in [2.05, 4.69) is 31.0 Å². The first-order valence-electron chi connectivity index (χ1n) is 21.3. The summed E-state index contributed by atoms with van der Waals surface area (Å²) in [6.45, 7) is 8.66. The zero-order valence-corrected chi connectivity index (χ0v) is 33.6. The van der Waals surface area contributed by atoms with Gasteiger partial charge < -0.3 is 9.47 Å². The average molecular weight is 728 g/mol. The van der Waals surface area contributed by atoms with E-state index < -0.39 is 11.9 Å². The molecule has 0 spiro atoms. The van der Waals surface area contributed by atoms with Crippen molar-refractivity contribution in [3.63, 3.8) is 0 Å². The molecule has 0 saturated heterocycles. The van der Waals surface area contributed by atoms with Crippen molar-refractivity contribution in [1.82, 2.24) is 15.0 Å². The first kappa shape index (κ1) is 43.8. The van der Waals surface area contributed by atoms with E-state index in [1.165, 1.54) is 147 Å². The lowest BCUT2D eigenvalue weighted by molar-refractivity contribution is 0.0516. The number of rotatable bonds is 29. The van der Waals surface area contributed by atoms with Crippen molar-refractivity contribution in [2.24, 2.45) is 0 Å². The maximum atomic E-state index is 13.0. The van der Waals surface area contributed by atoms with Crippen molar-refractivity contribution in [3.8, 4) is 22.8 Å². The molecule has 0 fully saturated rings. The van der Waals surface area contributed by atoms with Gasteiger partial charge in [0, 0.05) is 12.4 Å². The highest BCUT2D eigenvalue weighted by molar-refractivity contribution is 5.93. The highest BCUT2D eigenvalue weighted by atomic mass is 16.5. The van der Waals surface area contributed by atoms with Crippen LogP contribution >= 0.6 is 0 Å². The number of esters is 2. The first-order chi connectivity index (χ1) is 26.0. The third-order valence-corrected chi connectivity index (χ3v) is 10.2. The summed E-state index contributed by atoms with van der Waals surface area (Å²) in [6.07, 6.45) is 32.5. The summed E-state index contributed by atoms with van der Waals surface area (Å²) >= 11 is 0. The molecule has 292 valence electrons. The van der Waals surface area contributed by atoms with Crippen LogP contribution in [0.5, 0.6) is 0 Å². The maximum Gasteiger partial charge on any atom is 0.338 e. The van der Waals surface area contributed by atoms with Gasteiger partial charge in [0.2, 0.25) is 0 Å². The van der Waals surface area contributed by atoms with Crippen LogP contribution < -0.4 is 0 Å². The first-order valence-corrected chi connectivity index (χ1v) is 21.3. The molecular formula is C46H69N3O4. The smallest absolute Gasteiger partial charge is 0.338 e. The third kappa shape index (κ3) is 16.9. The molecule has 0 saturated carbocycles. The molecule has 3 aromatic rings. The van der Waals surface area contributed by atoms with Gasteiger partial charge in [-0.05, 0) is 74.6 Å². The summed E-state index contributed by atoms with van der Waals surface area (Å²) in [5, 5.41) is 0. The minimum absolute atomic E-state index is 0.260. The monoisotopic (exact) mass is 728 g/mol. The maximum absolute atomic E-state index is 13.0. The molecule has 0 aliphatic carbocycles. The van der Waals surface area contributed by atoms with Gasteiger partial charge in [0.15, 0.2) is 0 Å². The van der Waals surface area contributed by atoms with Crippen molar-refractivity contribution in [1.29, 1.82) is 0 Å². The molecular weight excluding hydrogens is 659 g/mol. The predicted octanol–water partition coefficient (Wildman–Crippen LogP) is 13.3. The molecule has 3 rings (SSSR count). The summed E-state index contributed by atoms with van der Waals surface area (Å²) in [4.78, 5) is 39.7. The number of carbonyl (C=O) groups is 2. The Hall–Kier alpha value is -3.61. The lowest BCUT2D eigenvalue weighted by Gasteiger charge is -2.18. The molecule has 0 unspecified atom stereocenters. The van der Waals surface area contributed by atoms with Crippen LogP contribution in [0.2, 0.25) is 0 Å². The molecule has 0 atom stereocenters. The van der Waals surface area contributed by atoms with Crippen LogP contribution in [0.1, 0.15) is 201 Å². The van der Waals surface area contributed by atoms with Crippen LogP contribution in [0.15, 0.2) is 48.8 Å². The predicted molar refractivity (Wildman–Crippen MR) is 218 cm³/mol. The second-order valence-corrected chi connectivity index (χ2v) is 14.6. The lowest BCUT2D eigenvalue weighted by atomic mass is 9.88. The van der Waals surface area contributed by atoms with Gasteiger partial charge in [-0.25, -0.2) is 14.6 Å². The number of nitrogens with zero attached hydrogens (tertiary/aromatic N) is 3. The van der Waals surface area contributed by atoms with Gasteiger partial charge in [-0.15, -0.1) is 0 Å². The Morgan fingerprint density at radius 1 is 0.491 bits per heavy atom. The molecule has 3 heterocycles. The van der Waals surface area contributed by atoms with E-state index in [-0.39, 0.29) is 13.2 Å². The molecule has 7 heteroatoms. The van der Waals surface area contributed by atoms with Crippen molar-refractivity contribution in [3.05, 3.63) is 65.5 Å². The van der Waals surface area contributed by atoms with Gasteiger partial charge in [-0.3, -0.25) is 9.97 Å². The zero-order chi connectivity index (χ0) is 37.9. The normalized spacial score (nSPS) is 11.3. The second kappa shape index (κ2) is 27.0. The summed E-state index contributed by atoms with van der Waals surface area (Å²) in [7, 11) is 0. The minimum atomic E-state index is -0.435. The van der Waals surface area contributed by atoms with Crippen LogP contribution in [0.4, 0.5) is 0 Å². The number of unbranched alkanes of at least 4 members (excludes halogenated alkanes) is 18. The zero-order valence-electron chi connectivity index (χ0n) is 33.6. The fourth-order valence-electron chi connectivity index (χ4n) is 7.11. The third-order valence-electron chi connectivity index (χ3n) is 10.2. The van der Waals surface area contributed by atoms with Crippen molar-refractivity contribution in [2.75, 3.05) is 13.2 Å². The van der Waals surface area contributed by atoms with E-state index >= 15 is 0 Å². The fraction of sp³-hybridized carbons (Fsp3) is 0.630. The SMILES string of the molecule is CCCCCCCCCCCCC(CCCCCCCCCCCC)c1ccnc(-c2cc(C(=O)OCC)cc(-c3cc(C(=O)OCC)ccn3)n2)c1. The quantitative estimate of drug-likeness (QED) is 0.0519. The Morgan fingerprint density at radius 3 is 1.36 bits per heavy atom. The van der Waals surface area contributed by atoms with Crippen molar-refractivity contribution >= 4 is 11.9 Å². The van der Waals surface area contributed by atoms with Gasteiger partial charge in [0.05, 0.1) is 47.1 Å². The van der Waals surface area contributed by atoms with E-state index in [1.807, 2.05) is 6.20 Å². The Balaban J connectivity index is 1.76. The second-order valence-electron chi connectivity index (χ2n) is 14.6. The molecule has 0 N–H and O–H groups in total. The lowest BCUT2D eigenvalue weighted by Crippen LogP contribution is -2.08. The summed E-state index contributed by atoms with van der Waals surface area (Å²) < 4.78 is 10.6. The highest BCUT2D eigenvalue weighted by Gasteiger charge is 2.18. The van der Waals surface area contributed by atoms with E-state index in [9.17, 15) is 9.59 Å². The van der Waals surface area contributed by atoms with E-state index in [0.29, 0.717) is 39.8 Å². The van der Waals surface area contributed by atoms with Crippen LogP contribution in [0.3, 0.4) is 0 Å². The van der Waals surface area contributed by atoms with Gasteiger partial charge in [-0.1, -0.05) is 142 Å². The van der Waals surface area contributed by atoms with E-state index in [1.54, 1.807) is 44.3 Å². The van der Waals surface area contributed by atoms with Crippen LogP contribution in [-0.2, 0) is 9.47 Å². The van der Waals surface area contributed by atoms with Gasteiger partial charge in [0.1, 0.15) is 0 Å². The van der Waals surface area contributed by atoms with Crippen LogP contribution in [-0.4, -0.2) is 40.1 Å². The molecule has 0 bridgehead atoms. The van der Waals surface area contributed by atoms with Crippen molar-refractivity contribution in [2.45, 2.75) is 175 Å². The Labute approximate surface area is 321 Å². The highest BCUT2D eigenvalue weighted by Crippen LogP contribution is 2.32. The molecule has 0 aromatic carbocycles. The van der Waals surface area contributed by atoms with E-state index in [0.717, 1.165) is 0 Å². The molecule has 0 radical (unpaired) electrons. The molecule has 53 heavy (non-hydrogen) atoms. The van der Waals surface area contributed by atoms with Crippen molar-refractivity contribution < 1.29 is 19.1 Å². The number of carbonyl (C=O) groups excluding carboxylic acids is 2. The fourth-order valence-corrected chi connectivity index (χ4v) is 7.11. The number of aromatic nitrogens is 3. The van der Waals surface area contributed by atoms with Gasteiger partial charge in [0.25, 0.3) is 0 Å². The Morgan fingerprint density at radius 2 is 0.887 bits per heavy atom. The number of hydrogen-bond acceptors (Lipinski definition) is 7. The summed E-state index contributed by atoms with van der Waals surface area (Å²) in [5.74, 6) is -0.409. The minimum Gasteiger partial charge on any atom is -0.462 e. The molecule has 3 aromatic heterocycles. The Bertz CT molecular complexity index is 1430. The molecule has 0 aliphatic rings. The number of ether oxygens (including phenoxy) is 2. The Kier molecular flexibility index (Phi) is 22.3. The largest absolute Gasteiger partial charge is 0.462 e. The molecule has 0 amide bonds. The molecule has 7 nitrogen and oxygen atoms in total. The van der Waals surface area contributed by atoms with Crippen LogP contribution in [0, 0.1) is 0 Å². The van der Waals surface area contributed by atoms with Gasteiger partial charge >= 0.3 is 11.9 Å². The average Bonchev–Trinajstić information content (AvgIpc) is 3.18. The van der Waals surface area contributed by atoms with Gasteiger partial charge in [-0.2, -0.15) is 0 Å². The standard InChI is InChI=1S/C46H69N3O4/c1-5-9-11-13-15-17-19-21-23-25-27-37(28-26-24-22-20-18-16-14-12-10-6-2)38-29-31-47-41(33-38)43-35-40(46(51)53-8-4)36-44(49-43)42-34-39(30-32-48-42)45(50)52-7-3/h29-37H,5-28H2,1-4H3. The number of pyridine rings is 3. The summed E-state index contributed by atoms with van der Waals surface area (Å²) in [5.41, 5.74) is 4.27. The molecule has 0 aliphatic heterocycles.